The predicted molar refractivity (Wildman–Crippen MR) is 225 cm³/mol. The minimum absolute atomic E-state index is 0.236. The van der Waals surface area contributed by atoms with Crippen LogP contribution >= 0.6 is 0 Å². The van der Waals surface area contributed by atoms with Crippen molar-refractivity contribution in [3.8, 4) is 56.6 Å². The number of phenolic OH excluding ortho intramolecular Hbond substituents is 1. The molecule has 1 aliphatic carbocycles. The van der Waals surface area contributed by atoms with Crippen molar-refractivity contribution in [3.05, 3.63) is 157 Å². The summed E-state index contributed by atoms with van der Waals surface area (Å²) >= 11 is 0. The van der Waals surface area contributed by atoms with Crippen molar-refractivity contribution in [1.82, 2.24) is 14.5 Å². The van der Waals surface area contributed by atoms with Gasteiger partial charge >= 0.3 is 0 Å². The van der Waals surface area contributed by atoms with E-state index in [1.165, 1.54) is 0 Å². The summed E-state index contributed by atoms with van der Waals surface area (Å²) in [4.78, 5) is 10.7. The van der Waals surface area contributed by atoms with Crippen LogP contribution in [-0.2, 0) is 10.8 Å². The number of hydrogen-bond acceptors (Lipinski definition) is 5. The Kier molecular flexibility index (Phi) is 6.70. The molecule has 10 aromatic rings. The maximum atomic E-state index is 11.3. The molecule has 270 valence electrons. The largest absolute Gasteiger partial charge is 0.507 e. The second kappa shape index (κ2) is 11.5. The normalized spacial score (nSPS) is 14.4. The Hall–Kier alpha value is -6.92. The molecule has 0 saturated heterocycles. The zero-order valence-electron chi connectivity index (χ0n) is 31.5. The van der Waals surface area contributed by atoms with Gasteiger partial charge in [0.25, 0.3) is 0 Å². The number of para-hydroxylation sites is 1. The van der Waals surface area contributed by atoms with Gasteiger partial charge in [-0.05, 0) is 94.4 Å². The number of fused-ring (bicyclic) bond motifs is 9. The smallest absolute Gasteiger partial charge is 0.145 e. The van der Waals surface area contributed by atoms with Crippen LogP contribution in [0.4, 0.5) is 0 Å². The van der Waals surface area contributed by atoms with Crippen molar-refractivity contribution in [1.29, 1.82) is 0 Å². The third kappa shape index (κ3) is 4.62. The van der Waals surface area contributed by atoms with E-state index in [-0.39, 0.29) is 16.6 Å². The van der Waals surface area contributed by atoms with E-state index in [0.717, 1.165) is 106 Å². The third-order valence-electron chi connectivity index (χ3n) is 12.5. The Balaban J connectivity index is 1.13. The lowest BCUT2D eigenvalue weighted by molar-refractivity contribution is 0.296. The molecule has 6 heteroatoms. The summed E-state index contributed by atoms with van der Waals surface area (Å²) in [7, 11) is 0. The molecule has 6 nitrogen and oxygen atoms in total. The molecular weight excluding hydrogens is 691 g/mol. The van der Waals surface area contributed by atoms with Crippen LogP contribution in [0.25, 0.3) is 94.7 Å². The van der Waals surface area contributed by atoms with Gasteiger partial charge in [-0.2, -0.15) is 0 Å². The molecule has 56 heavy (non-hydrogen) atoms. The molecule has 6 aromatic carbocycles. The second-order valence-corrected chi connectivity index (χ2v) is 16.0. The number of nitrogens with zero attached hydrogens (tertiary/aromatic N) is 3. The van der Waals surface area contributed by atoms with Crippen LogP contribution in [0.1, 0.15) is 38.8 Å². The average Bonchev–Trinajstić information content (AvgIpc) is 3.93. The Morgan fingerprint density at radius 2 is 1.14 bits per heavy atom. The first-order chi connectivity index (χ1) is 27.2. The van der Waals surface area contributed by atoms with E-state index in [1.807, 2.05) is 42.5 Å². The minimum atomic E-state index is -0.245. The lowest BCUT2D eigenvalue weighted by Gasteiger charge is -2.47. The van der Waals surface area contributed by atoms with Crippen molar-refractivity contribution in [2.45, 2.75) is 38.5 Å². The van der Waals surface area contributed by atoms with E-state index in [4.69, 9.17) is 18.8 Å². The summed E-state index contributed by atoms with van der Waals surface area (Å²) in [5.74, 6) is 1.01. The molecule has 4 aromatic heterocycles. The van der Waals surface area contributed by atoms with Crippen molar-refractivity contribution < 1.29 is 13.9 Å². The second-order valence-electron chi connectivity index (χ2n) is 16.0. The lowest BCUT2D eigenvalue weighted by Crippen LogP contribution is -2.43. The summed E-state index contributed by atoms with van der Waals surface area (Å²) in [5.41, 5.74) is 12.3. The molecule has 0 spiro atoms. The van der Waals surface area contributed by atoms with E-state index in [2.05, 4.69) is 129 Å². The summed E-state index contributed by atoms with van der Waals surface area (Å²) in [6, 6.07) is 47.6. The first kappa shape index (κ1) is 32.5. The Morgan fingerprint density at radius 3 is 1.93 bits per heavy atom. The Morgan fingerprint density at radius 1 is 0.500 bits per heavy atom. The van der Waals surface area contributed by atoms with Gasteiger partial charge in [-0.15, -0.1) is 0 Å². The zero-order chi connectivity index (χ0) is 37.9. The summed E-state index contributed by atoms with van der Waals surface area (Å²) in [5, 5.41) is 15.5. The molecule has 0 bridgehead atoms. The quantitative estimate of drug-likeness (QED) is 0.195. The van der Waals surface area contributed by atoms with Crippen LogP contribution in [0, 0.1) is 0 Å². The highest BCUT2D eigenvalue weighted by molar-refractivity contribution is 6.08. The molecule has 0 amide bonds. The van der Waals surface area contributed by atoms with Gasteiger partial charge in [0.1, 0.15) is 39.6 Å². The molecule has 4 heterocycles. The SMILES string of the molecule is CC1(C)c2ccc(-c3cn(-c4ccc5oc6ccccc6c5c4)c(-c4ccc5oc6ccc(-c7ccccc7)cc6c5c4)n3)nc2-c2c(O)cccc2C1(C)C. The Bertz CT molecular complexity index is 3220. The highest BCUT2D eigenvalue weighted by Crippen LogP contribution is 2.55. The third-order valence-corrected chi connectivity index (χ3v) is 12.5. The average molecular weight is 728 g/mol. The topological polar surface area (TPSA) is 77.2 Å². The maximum Gasteiger partial charge on any atom is 0.145 e. The first-order valence-electron chi connectivity index (χ1n) is 19.0. The van der Waals surface area contributed by atoms with Crippen molar-refractivity contribution in [2.24, 2.45) is 0 Å². The van der Waals surface area contributed by atoms with Crippen LogP contribution in [0.2, 0.25) is 0 Å². The number of furan rings is 2. The van der Waals surface area contributed by atoms with Gasteiger partial charge < -0.3 is 13.9 Å². The number of phenols is 1. The van der Waals surface area contributed by atoms with Crippen molar-refractivity contribution in [2.75, 3.05) is 0 Å². The van der Waals surface area contributed by atoms with Gasteiger partial charge in [0.15, 0.2) is 0 Å². The van der Waals surface area contributed by atoms with Crippen LogP contribution in [0.15, 0.2) is 155 Å². The van der Waals surface area contributed by atoms with Gasteiger partial charge in [0, 0.05) is 50.0 Å². The number of aromatic hydroxyl groups is 1. The molecule has 0 radical (unpaired) electrons. The number of hydrogen-bond donors (Lipinski definition) is 1. The summed E-state index contributed by atoms with van der Waals surface area (Å²) < 4.78 is 14.7. The van der Waals surface area contributed by atoms with E-state index in [9.17, 15) is 5.11 Å². The van der Waals surface area contributed by atoms with Crippen LogP contribution in [0.5, 0.6) is 5.75 Å². The van der Waals surface area contributed by atoms with Crippen LogP contribution in [-0.4, -0.2) is 19.6 Å². The van der Waals surface area contributed by atoms with Crippen LogP contribution < -0.4 is 0 Å². The molecule has 0 fully saturated rings. The van der Waals surface area contributed by atoms with E-state index < -0.39 is 0 Å². The minimum Gasteiger partial charge on any atom is -0.507 e. The van der Waals surface area contributed by atoms with Gasteiger partial charge in [0.2, 0.25) is 0 Å². The molecule has 0 unspecified atom stereocenters. The molecule has 1 N–H and O–H groups in total. The molecule has 0 aliphatic heterocycles. The molecule has 11 rings (SSSR count). The van der Waals surface area contributed by atoms with E-state index in [1.54, 1.807) is 6.07 Å². The molecule has 0 saturated carbocycles. The first-order valence-corrected chi connectivity index (χ1v) is 19.0. The highest BCUT2D eigenvalue weighted by atomic mass is 16.3. The fourth-order valence-electron chi connectivity index (χ4n) is 8.77. The van der Waals surface area contributed by atoms with Crippen molar-refractivity contribution in [3.63, 3.8) is 0 Å². The van der Waals surface area contributed by atoms with E-state index >= 15 is 0 Å². The predicted octanol–water partition coefficient (Wildman–Crippen LogP) is 13.0. The Labute approximate surface area is 323 Å². The maximum absolute atomic E-state index is 11.3. The standard InChI is InChI=1S/C50H37N3O3/c1-49(2)37-14-10-15-41(54)46(37)47-38(50(49,3)4)20-21-39(51-47)40-28-53(32-19-24-45-36(27-32)33-13-8-9-16-42(33)55-45)48(52-40)31-18-23-44-35(26-31)34-25-30(17-22-43(34)56-44)29-11-6-5-7-12-29/h5-28,54H,1-4H3. The summed E-state index contributed by atoms with van der Waals surface area (Å²) in [6.07, 6.45) is 2.07. The highest BCUT2D eigenvalue weighted by Gasteiger charge is 2.47. The van der Waals surface area contributed by atoms with Gasteiger partial charge in [0.05, 0.1) is 11.4 Å². The number of aromatic nitrogens is 3. The van der Waals surface area contributed by atoms with Crippen LogP contribution in [0.3, 0.4) is 0 Å². The number of rotatable bonds is 4. The zero-order valence-corrected chi connectivity index (χ0v) is 31.5. The number of benzene rings is 6. The number of imidazole rings is 1. The monoisotopic (exact) mass is 727 g/mol. The van der Waals surface area contributed by atoms with Gasteiger partial charge in [-0.3, -0.25) is 4.57 Å². The lowest BCUT2D eigenvalue weighted by atomic mass is 9.56. The molecule has 1 aliphatic rings. The molecular formula is C50H37N3O3. The molecule has 0 atom stereocenters. The van der Waals surface area contributed by atoms with Gasteiger partial charge in [-0.1, -0.05) is 100 Å². The van der Waals surface area contributed by atoms with Gasteiger partial charge in [-0.25, -0.2) is 9.97 Å². The number of pyridine rings is 1. The fourth-order valence-corrected chi connectivity index (χ4v) is 8.77. The summed E-state index contributed by atoms with van der Waals surface area (Å²) in [6.45, 7) is 9.03. The van der Waals surface area contributed by atoms with E-state index in [0.29, 0.717) is 0 Å². The van der Waals surface area contributed by atoms with Crippen molar-refractivity contribution >= 4 is 43.9 Å². The fraction of sp³-hybridized carbons (Fsp3) is 0.120.